The minimum Gasteiger partial charge on any atom is -0.233 e. The van der Waals surface area contributed by atoms with Gasteiger partial charge in [-0.05, 0) is 103 Å². The molecule has 0 saturated heterocycles. The predicted molar refractivity (Wildman–Crippen MR) is 130 cm³/mol. The van der Waals surface area contributed by atoms with Gasteiger partial charge < -0.3 is 0 Å². The lowest BCUT2D eigenvalue weighted by atomic mass is 9.64. The monoisotopic (exact) mass is 426 g/mol. The van der Waals surface area contributed by atoms with Crippen molar-refractivity contribution in [2.75, 3.05) is 0 Å². The standard InChI is InChI=1S/C29H31FN2/c1-5-25(26-9-7-6-8-19(26)2)20(3)27-15-10-22-16-28-21(17-29(22,27)4)18-31-32(28)24-13-11-23(30)12-14-24/h5-9,11-14,16,18,20,27H,10,15,17H2,1-4H3/b25-5-/t20?,27-,29+/m1/s1. The third kappa shape index (κ3) is 3.26. The molecule has 0 bridgehead atoms. The summed E-state index contributed by atoms with van der Waals surface area (Å²) in [5.74, 6) is 0.842. The van der Waals surface area contributed by atoms with Gasteiger partial charge in [0.15, 0.2) is 0 Å². The maximum atomic E-state index is 13.4. The largest absolute Gasteiger partial charge is 0.233 e. The molecule has 1 heterocycles. The zero-order valence-electron chi connectivity index (χ0n) is 19.4. The molecule has 0 N–H and O–H groups in total. The predicted octanol–water partition coefficient (Wildman–Crippen LogP) is 7.42. The van der Waals surface area contributed by atoms with E-state index < -0.39 is 0 Å². The fraction of sp³-hybridized carbons (Fsp3) is 0.345. The van der Waals surface area contributed by atoms with E-state index in [1.165, 1.54) is 46.4 Å². The lowest BCUT2D eigenvalue weighted by molar-refractivity contribution is 0.228. The second-order valence-corrected chi connectivity index (χ2v) is 9.70. The quantitative estimate of drug-likeness (QED) is 0.424. The Morgan fingerprint density at radius 1 is 1.19 bits per heavy atom. The van der Waals surface area contributed by atoms with Gasteiger partial charge >= 0.3 is 0 Å². The fourth-order valence-electron chi connectivity index (χ4n) is 6.24. The minimum absolute atomic E-state index is 0.139. The normalized spacial score (nSPS) is 23.5. The first-order valence-electron chi connectivity index (χ1n) is 11.7. The van der Waals surface area contributed by atoms with Gasteiger partial charge in [0.25, 0.3) is 0 Å². The molecule has 2 aliphatic rings. The molecule has 1 aromatic heterocycles. The maximum Gasteiger partial charge on any atom is 0.123 e. The first-order valence-corrected chi connectivity index (χ1v) is 11.7. The molecule has 2 nitrogen and oxygen atoms in total. The summed E-state index contributed by atoms with van der Waals surface area (Å²) < 4.78 is 15.4. The van der Waals surface area contributed by atoms with Gasteiger partial charge in [-0.15, -0.1) is 0 Å². The molecule has 5 rings (SSSR count). The number of hydrogen-bond acceptors (Lipinski definition) is 1. The molecule has 1 unspecified atom stereocenters. The number of allylic oxidation sites excluding steroid dienone is 3. The molecule has 2 aromatic carbocycles. The highest BCUT2D eigenvalue weighted by Gasteiger charge is 2.48. The first-order chi connectivity index (χ1) is 15.4. The van der Waals surface area contributed by atoms with E-state index in [1.807, 2.05) is 10.9 Å². The summed E-state index contributed by atoms with van der Waals surface area (Å²) in [6.07, 6.45) is 10.0. The van der Waals surface area contributed by atoms with Crippen LogP contribution in [0.25, 0.3) is 17.3 Å². The second-order valence-electron chi connectivity index (χ2n) is 9.70. The Morgan fingerprint density at radius 3 is 2.66 bits per heavy atom. The molecule has 0 spiro atoms. The number of halogens is 1. The van der Waals surface area contributed by atoms with Crippen molar-refractivity contribution < 1.29 is 4.39 Å². The zero-order valence-corrected chi connectivity index (χ0v) is 19.4. The smallest absolute Gasteiger partial charge is 0.123 e. The van der Waals surface area contributed by atoms with Gasteiger partial charge in [0.05, 0.1) is 17.6 Å². The molecular formula is C29H31FN2. The van der Waals surface area contributed by atoms with Crippen LogP contribution < -0.4 is 0 Å². The number of benzene rings is 2. The molecule has 2 aliphatic carbocycles. The molecule has 0 aliphatic heterocycles. The number of aromatic nitrogens is 2. The topological polar surface area (TPSA) is 17.8 Å². The van der Waals surface area contributed by atoms with Crippen LogP contribution in [-0.4, -0.2) is 9.78 Å². The third-order valence-electron chi connectivity index (χ3n) is 7.96. The van der Waals surface area contributed by atoms with Crippen LogP contribution in [0.15, 0.2) is 66.4 Å². The Kier molecular flexibility index (Phi) is 5.16. The fourth-order valence-corrected chi connectivity index (χ4v) is 6.24. The van der Waals surface area contributed by atoms with Gasteiger partial charge in [-0.25, -0.2) is 9.07 Å². The van der Waals surface area contributed by atoms with Gasteiger partial charge in [-0.2, -0.15) is 5.10 Å². The van der Waals surface area contributed by atoms with Crippen molar-refractivity contribution in [3.05, 3.63) is 94.6 Å². The van der Waals surface area contributed by atoms with Crippen LogP contribution in [0.4, 0.5) is 4.39 Å². The van der Waals surface area contributed by atoms with Crippen LogP contribution in [0.5, 0.6) is 0 Å². The van der Waals surface area contributed by atoms with Crippen molar-refractivity contribution in [2.24, 2.45) is 17.3 Å². The Balaban J connectivity index is 1.49. The maximum absolute atomic E-state index is 13.4. The molecule has 3 aromatic rings. The van der Waals surface area contributed by atoms with Crippen molar-refractivity contribution in [1.82, 2.24) is 9.78 Å². The van der Waals surface area contributed by atoms with Crippen molar-refractivity contribution in [3.63, 3.8) is 0 Å². The number of rotatable bonds is 4. The van der Waals surface area contributed by atoms with Gasteiger partial charge in [0, 0.05) is 0 Å². The van der Waals surface area contributed by atoms with E-state index in [-0.39, 0.29) is 11.2 Å². The molecule has 1 saturated carbocycles. The summed E-state index contributed by atoms with van der Waals surface area (Å²) >= 11 is 0. The zero-order chi connectivity index (χ0) is 22.5. The van der Waals surface area contributed by atoms with Crippen molar-refractivity contribution in [2.45, 2.75) is 47.0 Å². The molecule has 1 fully saturated rings. The van der Waals surface area contributed by atoms with E-state index in [0.29, 0.717) is 11.8 Å². The first kappa shape index (κ1) is 20.9. The Bertz CT molecular complexity index is 1210. The summed E-state index contributed by atoms with van der Waals surface area (Å²) in [6.45, 7) is 9.26. The molecular weight excluding hydrogens is 395 g/mol. The van der Waals surface area contributed by atoms with Crippen molar-refractivity contribution in [1.29, 1.82) is 0 Å². The lowest BCUT2D eigenvalue weighted by Gasteiger charge is -2.40. The molecule has 3 heteroatoms. The van der Waals surface area contributed by atoms with Crippen molar-refractivity contribution >= 4 is 11.6 Å². The second kappa shape index (κ2) is 7.88. The van der Waals surface area contributed by atoms with E-state index in [9.17, 15) is 4.39 Å². The minimum atomic E-state index is -0.221. The number of aryl methyl sites for hydroxylation is 1. The molecule has 3 atom stereocenters. The van der Waals surface area contributed by atoms with E-state index >= 15 is 0 Å². The SMILES string of the molecule is C/C=C(\c1ccccc1C)C(C)[C@H]1CCC2=Cc3c(cnn3-c3ccc(F)cc3)C[C@@]21C. The molecule has 0 radical (unpaired) electrons. The van der Waals surface area contributed by atoms with Crippen LogP contribution in [-0.2, 0) is 6.42 Å². The van der Waals surface area contributed by atoms with Gasteiger partial charge in [-0.3, -0.25) is 0 Å². The average Bonchev–Trinajstić information content (AvgIpc) is 3.33. The van der Waals surface area contributed by atoms with E-state index in [1.54, 1.807) is 12.1 Å². The Hall–Kier alpha value is -2.94. The number of nitrogens with zero attached hydrogens (tertiary/aromatic N) is 2. The lowest BCUT2D eigenvalue weighted by Crippen LogP contribution is -2.33. The third-order valence-corrected chi connectivity index (χ3v) is 7.96. The average molecular weight is 427 g/mol. The number of hydrogen-bond donors (Lipinski definition) is 0. The van der Waals surface area contributed by atoms with E-state index in [0.717, 1.165) is 24.2 Å². The summed E-state index contributed by atoms with van der Waals surface area (Å²) in [4.78, 5) is 0. The Morgan fingerprint density at radius 2 is 1.94 bits per heavy atom. The highest BCUT2D eigenvalue weighted by Crippen LogP contribution is 2.57. The van der Waals surface area contributed by atoms with Gasteiger partial charge in [0.2, 0.25) is 0 Å². The molecule has 32 heavy (non-hydrogen) atoms. The molecule has 164 valence electrons. The highest BCUT2D eigenvalue weighted by molar-refractivity contribution is 5.70. The Labute approximate surface area is 190 Å². The molecule has 0 amide bonds. The summed E-state index contributed by atoms with van der Waals surface area (Å²) in [5, 5.41) is 4.67. The summed E-state index contributed by atoms with van der Waals surface area (Å²) in [6, 6.07) is 15.4. The van der Waals surface area contributed by atoms with Crippen molar-refractivity contribution in [3.8, 4) is 5.69 Å². The number of fused-ring (bicyclic) bond motifs is 2. The van der Waals surface area contributed by atoms with Crippen LogP contribution in [0.1, 0.15) is 56.0 Å². The van der Waals surface area contributed by atoms with Crippen LogP contribution in [0, 0.1) is 30.0 Å². The van der Waals surface area contributed by atoms with Crippen LogP contribution >= 0.6 is 0 Å². The highest BCUT2D eigenvalue weighted by atomic mass is 19.1. The van der Waals surface area contributed by atoms with Gasteiger partial charge in [0.1, 0.15) is 5.82 Å². The van der Waals surface area contributed by atoms with Gasteiger partial charge in [-0.1, -0.05) is 49.8 Å². The van der Waals surface area contributed by atoms with Crippen LogP contribution in [0.2, 0.25) is 0 Å². The summed E-state index contributed by atoms with van der Waals surface area (Å²) in [7, 11) is 0. The van der Waals surface area contributed by atoms with E-state index in [2.05, 4.69) is 69.2 Å². The van der Waals surface area contributed by atoms with E-state index in [4.69, 9.17) is 0 Å². The summed E-state index contributed by atoms with van der Waals surface area (Å²) in [5.41, 5.74) is 9.21. The van der Waals surface area contributed by atoms with Crippen LogP contribution in [0.3, 0.4) is 0 Å².